The summed E-state index contributed by atoms with van der Waals surface area (Å²) in [5.41, 5.74) is 25.9. The van der Waals surface area contributed by atoms with Gasteiger partial charge in [-0.3, -0.25) is 14.1 Å². The molecular weight excluding hydrogens is 1120 g/mol. The molecule has 0 saturated carbocycles. The van der Waals surface area contributed by atoms with Gasteiger partial charge >= 0.3 is 0 Å². The average Bonchev–Trinajstić information content (AvgIpc) is 1.39. The molecule has 0 N–H and O–H groups in total. The summed E-state index contributed by atoms with van der Waals surface area (Å²) in [7, 11) is 0. The van der Waals surface area contributed by atoms with Gasteiger partial charge in [0.05, 0.1) is 55.4 Å². The maximum atomic E-state index is 6.61. The van der Waals surface area contributed by atoms with Gasteiger partial charge in [0.25, 0.3) is 0 Å². The van der Waals surface area contributed by atoms with Crippen molar-refractivity contribution in [3.63, 3.8) is 0 Å². The topological polar surface area (TPSA) is 45.5 Å². The van der Waals surface area contributed by atoms with E-state index in [1.54, 1.807) is 0 Å². The van der Waals surface area contributed by atoms with Crippen LogP contribution in [0.5, 0.6) is 0 Å². The van der Waals surface area contributed by atoms with Crippen LogP contribution in [-0.4, -0.2) is 28.2 Å². The van der Waals surface area contributed by atoms with E-state index in [4.69, 9.17) is 9.97 Å². The molecule has 434 valence electrons. The second kappa shape index (κ2) is 20.9. The van der Waals surface area contributed by atoms with Gasteiger partial charge in [-0.25, -0.2) is 4.98 Å². The average molecular weight is 1180 g/mol. The predicted molar refractivity (Wildman–Crippen MR) is 386 cm³/mol. The first-order chi connectivity index (χ1) is 45.3. The Morgan fingerprint density at radius 1 is 0.228 bits per heavy atom. The molecule has 18 aromatic rings. The Morgan fingerprint density at radius 3 is 0.772 bits per heavy atom. The first-order valence-electron chi connectivity index (χ1n) is 31.7. The number of rotatable bonds is 9. The van der Waals surface area contributed by atoms with Gasteiger partial charge in [-0.1, -0.05) is 198 Å². The number of hydrogen-bond donors (Lipinski definition) is 0. The first kappa shape index (κ1) is 53.2. The van der Waals surface area contributed by atoms with Gasteiger partial charge < -0.3 is 9.13 Å². The largest absolute Gasteiger partial charge is 0.305 e. The second-order valence-electron chi connectivity index (χ2n) is 24.9. The highest BCUT2D eigenvalue weighted by atomic mass is 15.2. The standard InChI is InChI=1S/C86H60N6/c1-53-28-36-74-65(45-53)66-46-54(2)29-37-75(66)89(74)83-82(73-27-17-18-44-87-73)84(90-76-40-32-61(57-19-9-5-10-20-57)49-69(76)70-50-62(33-41-77(70)90)58-21-11-6-12-22-58)85(91-78-38-30-55(3)47-67(78)68-48-56(4)31-39-79(68)91)88-86(83)92-80-42-34-63(59-23-13-7-14-24-59)51-71(80)72-52-64(35-43-81(72)92)60-25-15-8-16-26-60/h5-52H,1-4H3. The van der Waals surface area contributed by atoms with Crippen LogP contribution in [0.1, 0.15) is 22.3 Å². The van der Waals surface area contributed by atoms with E-state index in [0.717, 1.165) is 155 Å². The SMILES string of the molecule is Cc1ccc2c(c1)c1cc(C)ccc1n2-c1nc(-n2c3ccc(-c4ccccc4)cc3c3cc(-c4ccccc4)ccc32)c(-n2c3ccc(C)cc3c3cc(C)ccc32)c(-c2ccccn2)c1-n1c2ccc(-c3ccccc3)cc2c2cc(-c3ccccc3)ccc21. The minimum absolute atomic E-state index is 0.761. The molecule has 0 unspecified atom stereocenters. The van der Waals surface area contributed by atoms with E-state index >= 15 is 0 Å². The molecule has 92 heavy (non-hydrogen) atoms. The van der Waals surface area contributed by atoms with Crippen molar-refractivity contribution < 1.29 is 0 Å². The Morgan fingerprint density at radius 2 is 0.489 bits per heavy atom. The summed E-state index contributed by atoms with van der Waals surface area (Å²) in [4.78, 5) is 12.2. The molecule has 0 saturated heterocycles. The molecule has 0 atom stereocenters. The third-order valence-corrected chi connectivity index (χ3v) is 19.0. The fraction of sp³-hybridized carbons (Fsp3) is 0.0465. The van der Waals surface area contributed by atoms with Gasteiger partial charge in [-0.05, 0) is 181 Å². The van der Waals surface area contributed by atoms with E-state index in [1.165, 1.54) is 33.0 Å². The van der Waals surface area contributed by atoms with E-state index < -0.39 is 0 Å². The molecule has 0 radical (unpaired) electrons. The number of aromatic nitrogens is 6. The van der Waals surface area contributed by atoms with Crippen molar-refractivity contribution >= 4 is 87.2 Å². The molecule has 0 aliphatic heterocycles. The van der Waals surface area contributed by atoms with Crippen LogP contribution in [-0.2, 0) is 0 Å². The van der Waals surface area contributed by atoms with Crippen LogP contribution in [0.15, 0.2) is 291 Å². The molecule has 6 heterocycles. The molecule has 0 amide bonds. The zero-order valence-electron chi connectivity index (χ0n) is 51.4. The van der Waals surface area contributed by atoms with Crippen LogP contribution in [0.2, 0.25) is 0 Å². The van der Waals surface area contributed by atoms with Gasteiger partial charge in [0.2, 0.25) is 0 Å². The molecule has 6 heteroatoms. The number of benzene rings is 12. The molecule has 18 rings (SSSR count). The molecule has 0 bridgehead atoms. The minimum atomic E-state index is 0.761. The zero-order chi connectivity index (χ0) is 61.3. The van der Waals surface area contributed by atoms with Crippen molar-refractivity contribution in [1.29, 1.82) is 0 Å². The Hall–Kier alpha value is -11.9. The van der Waals surface area contributed by atoms with Gasteiger partial charge in [0, 0.05) is 49.3 Å². The van der Waals surface area contributed by atoms with Crippen LogP contribution >= 0.6 is 0 Å². The van der Waals surface area contributed by atoms with Crippen molar-refractivity contribution in [3.8, 4) is 78.8 Å². The highest BCUT2D eigenvalue weighted by Gasteiger charge is 2.34. The predicted octanol–water partition coefficient (Wildman–Crippen LogP) is 22.4. The first-order valence-corrected chi connectivity index (χ1v) is 31.7. The number of pyridine rings is 2. The lowest BCUT2D eigenvalue weighted by Gasteiger charge is -2.26. The molecular formula is C86H60N6. The van der Waals surface area contributed by atoms with Crippen LogP contribution in [0, 0.1) is 27.7 Å². The van der Waals surface area contributed by atoms with E-state index in [-0.39, 0.29) is 0 Å². The van der Waals surface area contributed by atoms with Gasteiger partial charge in [-0.2, -0.15) is 0 Å². The van der Waals surface area contributed by atoms with Crippen molar-refractivity contribution in [3.05, 3.63) is 314 Å². The van der Waals surface area contributed by atoms with Gasteiger partial charge in [0.15, 0.2) is 11.6 Å². The zero-order valence-corrected chi connectivity index (χ0v) is 51.4. The smallest absolute Gasteiger partial charge is 0.165 e. The number of hydrogen-bond acceptors (Lipinski definition) is 2. The molecule has 0 aliphatic rings. The van der Waals surface area contributed by atoms with Crippen molar-refractivity contribution in [2.24, 2.45) is 0 Å². The van der Waals surface area contributed by atoms with Gasteiger partial charge in [0.1, 0.15) is 11.4 Å². The summed E-state index contributed by atoms with van der Waals surface area (Å²) in [6.45, 7) is 8.80. The van der Waals surface area contributed by atoms with Crippen molar-refractivity contribution in [2.45, 2.75) is 27.7 Å². The fourth-order valence-corrected chi connectivity index (χ4v) is 14.8. The lowest BCUT2D eigenvalue weighted by atomic mass is 10.0. The summed E-state index contributed by atoms with van der Waals surface area (Å²) in [5.74, 6) is 1.52. The fourth-order valence-electron chi connectivity index (χ4n) is 14.8. The lowest BCUT2D eigenvalue weighted by molar-refractivity contribution is 0.959. The van der Waals surface area contributed by atoms with Crippen molar-refractivity contribution in [2.75, 3.05) is 0 Å². The summed E-state index contributed by atoms with van der Waals surface area (Å²) >= 11 is 0. The maximum Gasteiger partial charge on any atom is 0.165 e. The van der Waals surface area contributed by atoms with Crippen LogP contribution in [0.4, 0.5) is 0 Å². The maximum absolute atomic E-state index is 6.61. The molecule has 6 nitrogen and oxygen atoms in total. The molecule has 0 aliphatic carbocycles. The Labute approximate surface area is 532 Å². The third-order valence-electron chi connectivity index (χ3n) is 19.0. The van der Waals surface area contributed by atoms with E-state index in [2.05, 4.69) is 325 Å². The molecule has 12 aromatic carbocycles. The molecule has 0 fully saturated rings. The highest BCUT2D eigenvalue weighted by molar-refractivity contribution is 6.17. The minimum Gasteiger partial charge on any atom is -0.305 e. The van der Waals surface area contributed by atoms with E-state index in [1.807, 2.05) is 12.3 Å². The Balaban J connectivity index is 1.10. The number of nitrogens with zero attached hydrogens (tertiary/aromatic N) is 6. The van der Waals surface area contributed by atoms with Crippen LogP contribution < -0.4 is 0 Å². The molecule has 0 spiro atoms. The highest BCUT2D eigenvalue weighted by Crippen LogP contribution is 2.50. The summed E-state index contributed by atoms with van der Waals surface area (Å²) < 4.78 is 9.97. The number of aryl methyl sites for hydroxylation is 4. The molecule has 6 aromatic heterocycles. The third kappa shape index (κ3) is 8.34. The van der Waals surface area contributed by atoms with Crippen LogP contribution in [0.25, 0.3) is 166 Å². The second-order valence-corrected chi connectivity index (χ2v) is 24.9. The van der Waals surface area contributed by atoms with Gasteiger partial charge in [-0.15, -0.1) is 0 Å². The summed E-state index contributed by atoms with van der Waals surface area (Å²) in [6, 6.07) is 105. The lowest BCUT2D eigenvalue weighted by Crippen LogP contribution is -2.16. The normalized spacial score (nSPS) is 11.9. The monoisotopic (exact) mass is 1180 g/mol. The van der Waals surface area contributed by atoms with Crippen LogP contribution in [0.3, 0.4) is 0 Å². The summed E-state index contributed by atoms with van der Waals surface area (Å²) in [5, 5.41) is 9.17. The Bertz CT molecular complexity index is 5700. The van der Waals surface area contributed by atoms with E-state index in [0.29, 0.717) is 0 Å². The summed E-state index contributed by atoms with van der Waals surface area (Å²) in [6.07, 6.45) is 1.95. The Kier molecular flexibility index (Phi) is 12.1. The number of fused-ring (bicyclic) bond motifs is 12. The quantitative estimate of drug-likeness (QED) is 0.145. The van der Waals surface area contributed by atoms with E-state index in [9.17, 15) is 0 Å². The van der Waals surface area contributed by atoms with Crippen molar-refractivity contribution in [1.82, 2.24) is 28.2 Å².